The molecule has 0 spiro atoms. The lowest BCUT2D eigenvalue weighted by Crippen LogP contribution is -2.06. The molecule has 0 saturated carbocycles. The zero-order valence-electron chi connectivity index (χ0n) is 7.41. The Morgan fingerprint density at radius 1 is 1.55 bits per heavy atom. The molecule has 4 heteroatoms. The normalized spacial score (nSPS) is 19.3. The predicted molar refractivity (Wildman–Crippen MR) is 45.8 cm³/mol. The Balaban J connectivity index is 3.74. The summed E-state index contributed by atoms with van der Waals surface area (Å²) in [6, 6.07) is 0. The highest BCUT2D eigenvalue weighted by molar-refractivity contribution is 7.52. The lowest BCUT2D eigenvalue weighted by atomic mass is 10.2. The zero-order valence-corrected chi connectivity index (χ0v) is 8.30. The summed E-state index contributed by atoms with van der Waals surface area (Å²) in [5, 5.41) is 0. The molecule has 68 valence electrons. The molecule has 1 N–H and O–H groups in total. The van der Waals surface area contributed by atoms with Crippen LogP contribution in [0.3, 0.4) is 0 Å². The van der Waals surface area contributed by atoms with Gasteiger partial charge in [0, 0.05) is 6.16 Å². The fraction of sp³-hybridized carbons (Fsp3) is 1.00. The molecule has 0 aliphatic rings. The van der Waals surface area contributed by atoms with Gasteiger partial charge in [0.2, 0.25) is 0 Å². The molecule has 0 rings (SSSR count). The second kappa shape index (κ2) is 4.91. The SMILES string of the molecule is CCCC(C)OP(=O)(O)CC. The highest BCUT2D eigenvalue weighted by Crippen LogP contribution is 2.42. The predicted octanol–water partition coefficient (Wildman–Crippen LogP) is 2.40. The maximum Gasteiger partial charge on any atom is 0.328 e. The Labute approximate surface area is 68.3 Å². The van der Waals surface area contributed by atoms with Crippen molar-refractivity contribution in [1.29, 1.82) is 0 Å². The summed E-state index contributed by atoms with van der Waals surface area (Å²) in [5.74, 6) is 0. The topological polar surface area (TPSA) is 46.5 Å². The number of rotatable bonds is 5. The van der Waals surface area contributed by atoms with Crippen LogP contribution < -0.4 is 0 Å². The second-order valence-corrected chi connectivity index (χ2v) is 4.78. The van der Waals surface area contributed by atoms with E-state index >= 15 is 0 Å². The summed E-state index contributed by atoms with van der Waals surface area (Å²) in [6.45, 7) is 5.50. The van der Waals surface area contributed by atoms with E-state index in [1.807, 2.05) is 13.8 Å². The smallest absolute Gasteiger partial charge is 0.324 e. The summed E-state index contributed by atoms with van der Waals surface area (Å²) in [5.41, 5.74) is 0. The van der Waals surface area contributed by atoms with E-state index in [9.17, 15) is 4.57 Å². The fourth-order valence-corrected chi connectivity index (χ4v) is 1.63. The van der Waals surface area contributed by atoms with Gasteiger partial charge in [0.15, 0.2) is 0 Å². The van der Waals surface area contributed by atoms with Crippen molar-refractivity contribution in [2.45, 2.75) is 39.7 Å². The van der Waals surface area contributed by atoms with Gasteiger partial charge >= 0.3 is 7.60 Å². The first kappa shape index (κ1) is 11.2. The first-order valence-corrected chi connectivity index (χ1v) is 5.78. The van der Waals surface area contributed by atoms with Crippen LogP contribution in [0.25, 0.3) is 0 Å². The Bertz CT molecular complexity index is 147. The van der Waals surface area contributed by atoms with Gasteiger partial charge in [0.1, 0.15) is 0 Å². The van der Waals surface area contributed by atoms with Crippen molar-refractivity contribution in [3.05, 3.63) is 0 Å². The van der Waals surface area contributed by atoms with Crippen LogP contribution in [0.15, 0.2) is 0 Å². The van der Waals surface area contributed by atoms with Gasteiger partial charge in [-0.15, -0.1) is 0 Å². The molecule has 0 aromatic rings. The van der Waals surface area contributed by atoms with Crippen LogP contribution in [-0.4, -0.2) is 17.2 Å². The van der Waals surface area contributed by atoms with Gasteiger partial charge in [0.25, 0.3) is 0 Å². The Hall–Kier alpha value is 0.150. The van der Waals surface area contributed by atoms with Crippen molar-refractivity contribution in [2.24, 2.45) is 0 Å². The lowest BCUT2D eigenvalue weighted by Gasteiger charge is -2.15. The maximum absolute atomic E-state index is 11.0. The largest absolute Gasteiger partial charge is 0.328 e. The fourth-order valence-electron chi connectivity index (χ4n) is 0.815. The van der Waals surface area contributed by atoms with Gasteiger partial charge in [-0.2, -0.15) is 0 Å². The molecule has 0 fully saturated rings. The highest BCUT2D eigenvalue weighted by Gasteiger charge is 2.18. The van der Waals surface area contributed by atoms with Crippen LogP contribution in [0.2, 0.25) is 0 Å². The molecule has 0 amide bonds. The van der Waals surface area contributed by atoms with E-state index in [2.05, 4.69) is 0 Å². The minimum atomic E-state index is -3.26. The van der Waals surface area contributed by atoms with Crippen molar-refractivity contribution in [3.8, 4) is 0 Å². The average Bonchev–Trinajstić information content (AvgIpc) is 1.87. The second-order valence-electron chi connectivity index (χ2n) is 2.66. The molecular formula is C7H17O3P. The molecule has 0 aliphatic heterocycles. The van der Waals surface area contributed by atoms with Crippen molar-refractivity contribution in [3.63, 3.8) is 0 Å². The van der Waals surface area contributed by atoms with Crippen LogP contribution in [0.4, 0.5) is 0 Å². The molecule has 11 heavy (non-hydrogen) atoms. The van der Waals surface area contributed by atoms with Crippen LogP contribution in [0.1, 0.15) is 33.6 Å². The molecule has 0 bridgehead atoms. The third-order valence-corrected chi connectivity index (χ3v) is 2.93. The minimum absolute atomic E-state index is 0.101. The third kappa shape index (κ3) is 5.42. The third-order valence-electron chi connectivity index (χ3n) is 1.44. The molecule has 2 atom stereocenters. The summed E-state index contributed by atoms with van der Waals surface area (Å²) in [6.07, 6.45) is 1.91. The average molecular weight is 180 g/mol. The van der Waals surface area contributed by atoms with Crippen LogP contribution in [0.5, 0.6) is 0 Å². The van der Waals surface area contributed by atoms with Crippen molar-refractivity contribution < 1.29 is 14.0 Å². The van der Waals surface area contributed by atoms with E-state index in [4.69, 9.17) is 9.42 Å². The van der Waals surface area contributed by atoms with E-state index in [-0.39, 0.29) is 12.3 Å². The van der Waals surface area contributed by atoms with Crippen molar-refractivity contribution >= 4 is 7.60 Å². The van der Waals surface area contributed by atoms with Gasteiger partial charge in [0.05, 0.1) is 6.10 Å². The van der Waals surface area contributed by atoms with Gasteiger partial charge in [-0.25, -0.2) is 0 Å². The maximum atomic E-state index is 11.0. The Kier molecular flexibility index (Phi) is 4.98. The number of hydrogen-bond donors (Lipinski definition) is 1. The zero-order chi connectivity index (χ0) is 8.91. The van der Waals surface area contributed by atoms with E-state index in [1.54, 1.807) is 6.92 Å². The van der Waals surface area contributed by atoms with Crippen LogP contribution in [0, 0.1) is 0 Å². The van der Waals surface area contributed by atoms with Gasteiger partial charge < -0.3 is 9.42 Å². The van der Waals surface area contributed by atoms with Gasteiger partial charge in [-0.1, -0.05) is 20.3 Å². The van der Waals surface area contributed by atoms with E-state index in [0.717, 1.165) is 12.8 Å². The first-order valence-electron chi connectivity index (χ1n) is 4.02. The minimum Gasteiger partial charge on any atom is -0.324 e. The molecule has 2 unspecified atom stereocenters. The molecule has 3 nitrogen and oxygen atoms in total. The monoisotopic (exact) mass is 180 g/mol. The first-order chi connectivity index (χ1) is 5.02. The summed E-state index contributed by atoms with van der Waals surface area (Å²) in [7, 11) is -3.26. The van der Waals surface area contributed by atoms with Crippen LogP contribution in [-0.2, 0) is 9.09 Å². The van der Waals surface area contributed by atoms with Crippen LogP contribution >= 0.6 is 7.60 Å². The van der Waals surface area contributed by atoms with Gasteiger partial charge in [-0.05, 0) is 13.3 Å². The van der Waals surface area contributed by atoms with Crippen molar-refractivity contribution in [1.82, 2.24) is 0 Å². The highest BCUT2D eigenvalue weighted by atomic mass is 31.2. The van der Waals surface area contributed by atoms with E-state index in [1.165, 1.54) is 0 Å². The standard InChI is InChI=1S/C7H17O3P/c1-4-6-7(3)10-11(8,9)5-2/h7H,4-6H2,1-3H3,(H,8,9). The quantitative estimate of drug-likeness (QED) is 0.661. The Morgan fingerprint density at radius 2 is 2.09 bits per heavy atom. The van der Waals surface area contributed by atoms with Gasteiger partial charge in [-0.3, -0.25) is 4.57 Å². The van der Waals surface area contributed by atoms with E-state index in [0.29, 0.717) is 0 Å². The molecule has 0 aromatic heterocycles. The molecule has 0 saturated heterocycles. The molecular weight excluding hydrogens is 163 g/mol. The Morgan fingerprint density at radius 3 is 2.45 bits per heavy atom. The van der Waals surface area contributed by atoms with E-state index < -0.39 is 7.60 Å². The molecule has 0 aliphatic carbocycles. The summed E-state index contributed by atoms with van der Waals surface area (Å²) in [4.78, 5) is 9.05. The molecule has 0 aromatic carbocycles. The van der Waals surface area contributed by atoms with Crippen molar-refractivity contribution in [2.75, 3.05) is 6.16 Å². The summed E-state index contributed by atoms with van der Waals surface area (Å²) < 4.78 is 15.9. The lowest BCUT2D eigenvalue weighted by molar-refractivity contribution is 0.180. The molecule has 0 radical (unpaired) electrons. The summed E-state index contributed by atoms with van der Waals surface area (Å²) >= 11 is 0. The molecule has 0 heterocycles. The number of hydrogen-bond acceptors (Lipinski definition) is 2.